The second-order valence-electron chi connectivity index (χ2n) is 1.05. The molecule has 1 nitrogen and oxygen atoms in total. The van der Waals surface area contributed by atoms with Crippen LogP contribution in [0.1, 0.15) is 0 Å². The van der Waals surface area contributed by atoms with E-state index in [1.54, 1.807) is 11.8 Å². The van der Waals surface area contributed by atoms with Gasteiger partial charge in [0.25, 0.3) is 0 Å². The zero-order valence-electron chi connectivity index (χ0n) is 4.32. The van der Waals surface area contributed by atoms with Gasteiger partial charge in [-0.15, -0.1) is 0 Å². The zero-order chi connectivity index (χ0) is 4.83. The van der Waals surface area contributed by atoms with Crippen LogP contribution in [0.25, 0.3) is 0 Å². The first-order valence-corrected chi connectivity index (χ1v) is 3.19. The van der Waals surface area contributed by atoms with E-state index in [9.17, 15) is 0 Å². The minimum Gasteiger partial charge on any atom is -0.321 e. The van der Waals surface area contributed by atoms with Crippen LogP contribution in [-0.2, 0) is 0 Å². The summed E-state index contributed by atoms with van der Waals surface area (Å²) in [6, 6.07) is 0. The molecule has 5 heteroatoms. The molecule has 0 aliphatic rings. The van der Waals surface area contributed by atoms with E-state index in [4.69, 9.17) is 0 Å². The predicted octanol–water partition coefficient (Wildman–Crippen LogP) is -1.48. The van der Waals surface area contributed by atoms with Gasteiger partial charge in [-0.25, -0.2) is 0 Å². The molecule has 0 aliphatic carbocycles. The number of hydrogen-bond acceptors (Lipinski definition) is 2. The predicted molar refractivity (Wildman–Crippen MR) is 39.4 cm³/mol. The van der Waals surface area contributed by atoms with E-state index in [-0.39, 0.29) is 0 Å². The van der Waals surface area contributed by atoms with Crippen LogP contribution in [-0.4, -0.2) is 21.6 Å². The average Bonchev–Trinajstić information content (AvgIpc) is 1.61. The Morgan fingerprint density at radius 2 is 2.50 bits per heavy atom. The second-order valence-corrected chi connectivity index (χ2v) is 2.16. The highest BCUT2D eigenvalue weighted by Gasteiger charge is 1.80. The first-order valence-electron chi connectivity index (χ1n) is 2.20. The fraction of sp³-hybridized carbons (Fsp3) is 1.00. The topological polar surface area (TPSA) is 12.0 Å². The summed E-state index contributed by atoms with van der Waals surface area (Å²) < 4.78 is 2.99. The van der Waals surface area contributed by atoms with Crippen LogP contribution in [0.5, 0.6) is 0 Å². The minimum absolute atomic E-state index is 1.22. The highest BCUT2D eigenvalue weighted by atomic mass is 32.2. The molecule has 0 saturated heterocycles. The molecule has 32 valence electrons. The van der Waals surface area contributed by atoms with E-state index in [1.807, 2.05) is 7.98 Å². The van der Waals surface area contributed by atoms with Gasteiger partial charge in [-0.3, -0.25) is 0 Å². The van der Waals surface area contributed by atoms with E-state index < -0.39 is 0 Å². The van der Waals surface area contributed by atoms with E-state index in [0.29, 0.717) is 0 Å². The maximum Gasteiger partial charge on any atom is 0.194 e. The first-order chi connectivity index (χ1) is 2.91. The van der Waals surface area contributed by atoms with Gasteiger partial charge in [0.05, 0.1) is 7.17 Å². The quantitative estimate of drug-likeness (QED) is 0.263. The smallest absolute Gasteiger partial charge is 0.194 e. The van der Waals surface area contributed by atoms with Crippen LogP contribution >= 0.6 is 11.8 Å². The second kappa shape index (κ2) is 5.50. The summed E-state index contributed by atoms with van der Waals surface area (Å²) in [5, 5.41) is 0. The van der Waals surface area contributed by atoms with Gasteiger partial charge >= 0.3 is 0 Å². The van der Waals surface area contributed by atoms with Gasteiger partial charge in [-0.1, -0.05) is 6.82 Å². The maximum atomic E-state index is 2.99. The monoisotopic (exact) mass is 99.1 g/mol. The van der Waals surface area contributed by atoms with Crippen LogP contribution in [0.2, 0.25) is 6.82 Å². The van der Waals surface area contributed by atoms with Crippen molar-refractivity contribution in [3.8, 4) is 0 Å². The summed E-state index contributed by atoms with van der Waals surface area (Å²) in [4.78, 5) is 0. The lowest BCUT2D eigenvalue weighted by Gasteiger charge is -1.86. The van der Waals surface area contributed by atoms with E-state index >= 15 is 0 Å². The summed E-state index contributed by atoms with van der Waals surface area (Å²) in [5.74, 6) is 0. The van der Waals surface area contributed by atoms with Gasteiger partial charge in [0.2, 0.25) is 0 Å². The molecule has 1 N–H and O–H groups in total. The van der Waals surface area contributed by atoms with Crippen molar-refractivity contribution in [2.45, 2.75) is 6.82 Å². The van der Waals surface area contributed by atoms with E-state index in [1.165, 1.54) is 13.6 Å². The Hall–Kier alpha value is 0.505. The Labute approximate surface area is 45.6 Å². The molecule has 0 aromatic rings. The van der Waals surface area contributed by atoms with Gasteiger partial charge in [0, 0.05) is 0 Å². The Kier molecular flexibility index (Phi) is 5.97. The van der Waals surface area contributed by atoms with Crippen molar-refractivity contribution in [3.63, 3.8) is 0 Å². The largest absolute Gasteiger partial charge is 0.321 e. The van der Waals surface area contributed by atoms with Crippen molar-refractivity contribution < 1.29 is 0 Å². The van der Waals surface area contributed by atoms with Crippen molar-refractivity contribution >= 4 is 33.4 Å². The van der Waals surface area contributed by atoms with Crippen LogP contribution in [0.15, 0.2) is 0 Å². The molecule has 0 amide bonds. The van der Waals surface area contributed by atoms with Crippen molar-refractivity contribution in [1.29, 1.82) is 0 Å². The van der Waals surface area contributed by atoms with Crippen LogP contribution < -0.4 is 4.63 Å². The normalized spacial score (nSPS) is 7.50. The molecule has 6 heavy (non-hydrogen) atoms. The summed E-state index contributed by atoms with van der Waals surface area (Å²) in [6.07, 6.45) is 1.22. The molecule has 0 fully saturated rings. The molecule has 0 heterocycles. The molecule has 0 rings (SSSR count). The molecule has 0 unspecified atom stereocenters. The van der Waals surface area contributed by atoms with E-state index in [2.05, 4.69) is 11.5 Å². The van der Waals surface area contributed by atoms with Gasteiger partial charge in [0.1, 0.15) is 0 Å². The minimum atomic E-state index is 1.22. The van der Waals surface area contributed by atoms with Crippen molar-refractivity contribution in [2.75, 3.05) is 0 Å². The Morgan fingerprint density at radius 3 is 2.67 bits per heavy atom. The van der Waals surface area contributed by atoms with Gasteiger partial charge in [-0.05, 0) is 0 Å². The van der Waals surface area contributed by atoms with Crippen molar-refractivity contribution in [2.24, 2.45) is 0 Å². The fourth-order valence-corrected chi connectivity index (χ4v) is 0.612. The molecule has 0 aromatic carbocycles. The van der Waals surface area contributed by atoms with Crippen LogP contribution in [0.3, 0.4) is 0 Å². The third-order valence-electron chi connectivity index (χ3n) is 0.451. The Morgan fingerprint density at radius 1 is 1.83 bits per heavy atom. The van der Waals surface area contributed by atoms with E-state index in [0.717, 1.165) is 0 Å². The molecule has 0 bridgehead atoms. The van der Waals surface area contributed by atoms with Gasteiger partial charge < -0.3 is 4.63 Å². The molecule has 0 aliphatic heterocycles. The highest BCUT2D eigenvalue weighted by Crippen LogP contribution is 1.80. The van der Waals surface area contributed by atoms with Crippen molar-refractivity contribution in [3.05, 3.63) is 0 Å². The number of hydrogen-bond donors (Lipinski definition) is 1. The molecule has 0 spiro atoms. The fourth-order valence-electron chi connectivity index (χ4n) is 0.204. The third-order valence-corrected chi connectivity index (χ3v) is 1.35. The molecule has 0 aromatic heterocycles. The molecule has 0 radical (unpaired) electrons. The van der Waals surface area contributed by atoms with Crippen LogP contribution in [0, 0.1) is 0 Å². The summed E-state index contributed by atoms with van der Waals surface area (Å²) >= 11 is 1.76. The standard InChI is InChI=1S/CH8B3NS/c1-3-4-6-5-2/h3-5H,2H2,1H3. The Bertz CT molecular complexity index is 22.8. The summed E-state index contributed by atoms with van der Waals surface area (Å²) in [6.45, 7) is 2.17. The lowest BCUT2D eigenvalue weighted by atomic mass is 9.57. The lowest BCUT2D eigenvalue weighted by Crippen LogP contribution is -2.02. The summed E-state index contributed by atoms with van der Waals surface area (Å²) in [5.41, 5.74) is 0. The zero-order valence-corrected chi connectivity index (χ0v) is 5.14. The van der Waals surface area contributed by atoms with Crippen molar-refractivity contribution in [1.82, 2.24) is 4.63 Å². The van der Waals surface area contributed by atoms with Gasteiger partial charge in [0.15, 0.2) is 14.4 Å². The molecule has 0 atom stereocenters. The molecular weight excluding hydrogens is 90.5 g/mol. The SMILES string of the molecule is BNSBBC. The van der Waals surface area contributed by atoms with Crippen LogP contribution in [0.4, 0.5) is 0 Å². The molecular formula is CH8B3NS. The highest BCUT2D eigenvalue weighted by molar-refractivity contribution is 8.25. The first kappa shape index (κ1) is 6.50. The molecule has 0 saturated carbocycles. The lowest BCUT2D eigenvalue weighted by molar-refractivity contribution is 1.74. The summed E-state index contributed by atoms with van der Waals surface area (Å²) in [7, 11) is 3.20. The number of rotatable bonds is 3. The third kappa shape index (κ3) is 4.50. The average molecular weight is 98.6 g/mol. The Balaban J connectivity index is 2.34. The van der Waals surface area contributed by atoms with Gasteiger partial charge in [-0.2, -0.15) is 11.8 Å². The maximum absolute atomic E-state index is 2.99. The number of nitrogens with one attached hydrogen (secondary N) is 1.